The van der Waals surface area contributed by atoms with Crippen molar-refractivity contribution in [2.45, 2.75) is 6.92 Å². The van der Waals surface area contributed by atoms with E-state index in [1.165, 1.54) is 0 Å². The number of nitrogens with zero attached hydrogens (tertiary/aromatic N) is 2. The van der Waals surface area contributed by atoms with Crippen molar-refractivity contribution in [3.8, 4) is 0 Å². The van der Waals surface area contributed by atoms with Crippen LogP contribution in [0.3, 0.4) is 0 Å². The van der Waals surface area contributed by atoms with Crippen LogP contribution in [-0.2, 0) is 4.74 Å². The van der Waals surface area contributed by atoms with Gasteiger partial charge in [0.2, 0.25) is 5.76 Å². The summed E-state index contributed by atoms with van der Waals surface area (Å²) >= 11 is 0. The number of ether oxygens (including phenoxy) is 1. The van der Waals surface area contributed by atoms with Gasteiger partial charge >= 0.3 is 0 Å². The number of nitrogens with one attached hydrogen (secondary N) is 1. The molecule has 23 heavy (non-hydrogen) atoms. The number of carbonyl (C=O) groups excluding carboxylic acids is 2. The third-order valence-corrected chi connectivity index (χ3v) is 3.56. The van der Waals surface area contributed by atoms with Crippen LogP contribution in [0.4, 0.5) is 5.69 Å². The first-order valence-corrected chi connectivity index (χ1v) is 7.36. The van der Waals surface area contributed by atoms with Gasteiger partial charge in [0, 0.05) is 19.2 Å². The zero-order valence-corrected chi connectivity index (χ0v) is 12.7. The van der Waals surface area contributed by atoms with E-state index >= 15 is 0 Å². The lowest BCUT2D eigenvalue weighted by Crippen LogP contribution is -2.41. The fourth-order valence-corrected chi connectivity index (χ4v) is 2.37. The Morgan fingerprint density at radius 2 is 1.96 bits per heavy atom. The molecule has 2 amide bonds. The first-order chi connectivity index (χ1) is 11.1. The van der Waals surface area contributed by atoms with Gasteiger partial charge in [-0.3, -0.25) is 9.59 Å². The number of anilines is 1. The molecule has 1 saturated heterocycles. The van der Waals surface area contributed by atoms with E-state index in [4.69, 9.17) is 9.26 Å². The number of rotatable bonds is 3. The highest BCUT2D eigenvalue weighted by Crippen LogP contribution is 2.19. The van der Waals surface area contributed by atoms with E-state index in [9.17, 15) is 9.59 Å². The van der Waals surface area contributed by atoms with Gasteiger partial charge in [-0.2, -0.15) is 0 Å². The normalized spacial score (nSPS) is 14.6. The van der Waals surface area contributed by atoms with Crippen LogP contribution in [0.25, 0.3) is 0 Å². The summed E-state index contributed by atoms with van der Waals surface area (Å²) in [5, 5.41) is 6.39. The number of benzene rings is 1. The summed E-state index contributed by atoms with van der Waals surface area (Å²) in [4.78, 5) is 26.5. The molecule has 0 unspecified atom stereocenters. The summed E-state index contributed by atoms with van der Waals surface area (Å²) in [5.74, 6) is -0.457. The summed E-state index contributed by atoms with van der Waals surface area (Å²) in [6, 6.07) is 8.45. The maximum Gasteiger partial charge on any atom is 0.294 e. The molecule has 3 rings (SSSR count). The van der Waals surface area contributed by atoms with Crippen LogP contribution in [0, 0.1) is 6.92 Å². The van der Waals surface area contributed by atoms with E-state index in [1.54, 1.807) is 42.2 Å². The van der Waals surface area contributed by atoms with Gasteiger partial charge in [-0.05, 0) is 19.1 Å². The molecule has 0 atom stereocenters. The van der Waals surface area contributed by atoms with E-state index in [2.05, 4.69) is 10.5 Å². The van der Waals surface area contributed by atoms with Gasteiger partial charge in [0.25, 0.3) is 11.8 Å². The Hall–Kier alpha value is -2.67. The number of amides is 2. The van der Waals surface area contributed by atoms with Crippen LogP contribution in [-0.4, -0.2) is 48.2 Å². The predicted molar refractivity (Wildman–Crippen MR) is 82.4 cm³/mol. The molecule has 7 nitrogen and oxygen atoms in total. The molecule has 1 aromatic carbocycles. The van der Waals surface area contributed by atoms with Crippen molar-refractivity contribution in [2.75, 3.05) is 31.6 Å². The fourth-order valence-electron chi connectivity index (χ4n) is 2.37. The zero-order chi connectivity index (χ0) is 16.2. The van der Waals surface area contributed by atoms with Crippen molar-refractivity contribution in [3.05, 3.63) is 47.3 Å². The van der Waals surface area contributed by atoms with Crippen molar-refractivity contribution in [1.29, 1.82) is 0 Å². The maximum atomic E-state index is 12.6. The number of carbonyl (C=O) groups is 2. The van der Waals surface area contributed by atoms with Crippen LogP contribution >= 0.6 is 0 Å². The van der Waals surface area contributed by atoms with E-state index in [0.29, 0.717) is 43.2 Å². The predicted octanol–water partition coefficient (Wildman–Crippen LogP) is 1.71. The minimum Gasteiger partial charge on any atom is -0.378 e. The third kappa shape index (κ3) is 3.40. The Morgan fingerprint density at radius 3 is 2.65 bits per heavy atom. The molecule has 7 heteroatoms. The first kappa shape index (κ1) is 15.2. The fraction of sp³-hybridized carbons (Fsp3) is 0.312. The monoisotopic (exact) mass is 315 g/mol. The molecule has 120 valence electrons. The lowest BCUT2D eigenvalue weighted by atomic mass is 10.1. The molecule has 0 radical (unpaired) electrons. The van der Waals surface area contributed by atoms with Gasteiger partial charge in [-0.25, -0.2) is 0 Å². The number of hydrogen-bond donors (Lipinski definition) is 1. The number of aromatic nitrogens is 1. The lowest BCUT2D eigenvalue weighted by Gasteiger charge is -2.27. The first-order valence-electron chi connectivity index (χ1n) is 7.36. The molecule has 0 aliphatic carbocycles. The van der Waals surface area contributed by atoms with Gasteiger partial charge in [-0.1, -0.05) is 17.3 Å². The molecule has 1 aliphatic rings. The average Bonchev–Trinajstić information content (AvgIpc) is 3.02. The minimum absolute atomic E-state index is 0.108. The van der Waals surface area contributed by atoms with Gasteiger partial charge in [0.1, 0.15) is 0 Å². The van der Waals surface area contributed by atoms with E-state index in [0.717, 1.165) is 0 Å². The highest BCUT2D eigenvalue weighted by Gasteiger charge is 2.22. The Morgan fingerprint density at radius 1 is 1.22 bits per heavy atom. The second kappa shape index (κ2) is 6.62. The number of hydrogen-bond acceptors (Lipinski definition) is 5. The van der Waals surface area contributed by atoms with Gasteiger partial charge < -0.3 is 19.5 Å². The summed E-state index contributed by atoms with van der Waals surface area (Å²) in [5.41, 5.74) is 1.51. The second-order valence-electron chi connectivity index (χ2n) is 5.24. The zero-order valence-electron chi connectivity index (χ0n) is 12.7. The minimum atomic E-state index is -0.437. The second-order valence-corrected chi connectivity index (χ2v) is 5.24. The molecule has 0 saturated carbocycles. The van der Waals surface area contributed by atoms with Gasteiger partial charge in [-0.15, -0.1) is 0 Å². The molecule has 1 N–H and O–H groups in total. The van der Waals surface area contributed by atoms with Crippen LogP contribution in [0.5, 0.6) is 0 Å². The Labute approximate surface area is 133 Å². The van der Waals surface area contributed by atoms with Crippen LogP contribution in [0.15, 0.2) is 34.9 Å². The van der Waals surface area contributed by atoms with Crippen molar-refractivity contribution >= 4 is 17.5 Å². The Kier molecular flexibility index (Phi) is 4.38. The van der Waals surface area contributed by atoms with Gasteiger partial charge in [0.05, 0.1) is 30.2 Å². The van der Waals surface area contributed by atoms with E-state index in [1.807, 2.05) is 0 Å². The average molecular weight is 315 g/mol. The number of para-hydroxylation sites is 1. The smallest absolute Gasteiger partial charge is 0.294 e. The summed E-state index contributed by atoms with van der Waals surface area (Å²) < 4.78 is 10.2. The van der Waals surface area contributed by atoms with Crippen LogP contribution in [0.1, 0.15) is 26.6 Å². The van der Waals surface area contributed by atoms with Crippen LogP contribution < -0.4 is 5.32 Å². The summed E-state index contributed by atoms with van der Waals surface area (Å²) in [6.45, 7) is 3.87. The quantitative estimate of drug-likeness (QED) is 0.932. The van der Waals surface area contributed by atoms with Crippen molar-refractivity contribution in [1.82, 2.24) is 10.1 Å². The van der Waals surface area contributed by atoms with Crippen molar-refractivity contribution in [3.63, 3.8) is 0 Å². The lowest BCUT2D eigenvalue weighted by molar-refractivity contribution is 0.0303. The molecule has 2 aromatic rings. The molecule has 1 fully saturated rings. The third-order valence-electron chi connectivity index (χ3n) is 3.56. The highest BCUT2D eigenvalue weighted by atomic mass is 16.5. The van der Waals surface area contributed by atoms with Crippen molar-refractivity contribution in [2.24, 2.45) is 0 Å². The van der Waals surface area contributed by atoms with Crippen LogP contribution in [0.2, 0.25) is 0 Å². The van der Waals surface area contributed by atoms with Crippen molar-refractivity contribution < 1.29 is 18.8 Å². The SMILES string of the molecule is Cc1cc(C(=O)Nc2ccccc2C(=O)N2CCOCC2)on1. The van der Waals surface area contributed by atoms with E-state index < -0.39 is 5.91 Å². The molecule has 0 bridgehead atoms. The molecular formula is C16H17N3O4. The standard InChI is InChI=1S/C16H17N3O4/c1-11-10-14(23-18-11)15(20)17-13-5-3-2-4-12(13)16(21)19-6-8-22-9-7-19/h2-5,10H,6-9H2,1H3,(H,17,20). The number of morpholine rings is 1. The topological polar surface area (TPSA) is 84.7 Å². The maximum absolute atomic E-state index is 12.6. The Bertz CT molecular complexity index is 720. The largest absolute Gasteiger partial charge is 0.378 e. The number of aryl methyl sites for hydroxylation is 1. The van der Waals surface area contributed by atoms with E-state index in [-0.39, 0.29) is 11.7 Å². The summed E-state index contributed by atoms with van der Waals surface area (Å²) in [6.07, 6.45) is 0. The molecule has 1 aromatic heterocycles. The highest BCUT2D eigenvalue weighted by molar-refractivity contribution is 6.07. The molecular weight excluding hydrogens is 298 g/mol. The molecule has 1 aliphatic heterocycles. The van der Waals surface area contributed by atoms with Gasteiger partial charge in [0.15, 0.2) is 0 Å². The molecule has 0 spiro atoms. The molecule has 2 heterocycles. The summed E-state index contributed by atoms with van der Waals surface area (Å²) in [7, 11) is 0. The Balaban J connectivity index is 1.80.